The first-order valence-corrected chi connectivity index (χ1v) is 7.22. The van der Waals surface area contributed by atoms with Gasteiger partial charge < -0.3 is 15.0 Å². The number of carbonyl (C=O) groups excluding carboxylic acids is 1. The third kappa shape index (κ3) is 5.17. The highest BCUT2D eigenvalue weighted by molar-refractivity contribution is 5.77. The van der Waals surface area contributed by atoms with E-state index in [1.54, 1.807) is 24.5 Å². The van der Waals surface area contributed by atoms with Crippen LogP contribution >= 0.6 is 0 Å². The van der Waals surface area contributed by atoms with Crippen molar-refractivity contribution in [1.82, 2.24) is 15.2 Å². The van der Waals surface area contributed by atoms with Crippen LogP contribution in [0.25, 0.3) is 0 Å². The Hall–Kier alpha value is -1.62. The number of hydrogen-bond acceptors (Lipinski definition) is 4. The van der Waals surface area contributed by atoms with Crippen LogP contribution in [0.4, 0.5) is 0 Å². The van der Waals surface area contributed by atoms with E-state index < -0.39 is 0 Å². The second-order valence-electron chi connectivity index (χ2n) is 5.39. The SMILES string of the molecule is CN1CCC[C@@H](CCNC(=O)COc2cccnc2)C1. The molecule has 5 heteroatoms. The minimum atomic E-state index is -0.0713. The Morgan fingerprint density at radius 2 is 2.50 bits per heavy atom. The molecule has 1 fully saturated rings. The number of rotatable bonds is 6. The minimum absolute atomic E-state index is 0.0518. The number of likely N-dealkylation sites (tertiary alicyclic amines) is 1. The summed E-state index contributed by atoms with van der Waals surface area (Å²) in [4.78, 5) is 17.9. The van der Waals surface area contributed by atoms with Gasteiger partial charge >= 0.3 is 0 Å². The highest BCUT2D eigenvalue weighted by Gasteiger charge is 2.16. The van der Waals surface area contributed by atoms with Crippen molar-refractivity contribution < 1.29 is 9.53 Å². The van der Waals surface area contributed by atoms with Gasteiger partial charge in [0, 0.05) is 19.3 Å². The van der Waals surface area contributed by atoms with E-state index in [0.29, 0.717) is 11.7 Å². The lowest BCUT2D eigenvalue weighted by atomic mass is 9.95. The number of hydrogen-bond donors (Lipinski definition) is 1. The second-order valence-corrected chi connectivity index (χ2v) is 5.39. The third-order valence-electron chi connectivity index (χ3n) is 3.60. The molecule has 0 bridgehead atoms. The number of nitrogens with one attached hydrogen (secondary N) is 1. The predicted molar refractivity (Wildman–Crippen MR) is 77.6 cm³/mol. The molecule has 1 amide bonds. The molecule has 0 spiro atoms. The highest BCUT2D eigenvalue weighted by Crippen LogP contribution is 2.17. The van der Waals surface area contributed by atoms with Gasteiger partial charge in [-0.05, 0) is 50.9 Å². The Morgan fingerprint density at radius 3 is 3.25 bits per heavy atom. The zero-order valence-electron chi connectivity index (χ0n) is 12.0. The second kappa shape index (κ2) is 7.85. The van der Waals surface area contributed by atoms with Gasteiger partial charge in [0.15, 0.2) is 6.61 Å². The van der Waals surface area contributed by atoms with Crippen LogP contribution < -0.4 is 10.1 Å². The maximum atomic E-state index is 11.7. The summed E-state index contributed by atoms with van der Waals surface area (Å²) in [6, 6.07) is 3.57. The largest absolute Gasteiger partial charge is 0.482 e. The highest BCUT2D eigenvalue weighted by atomic mass is 16.5. The van der Waals surface area contributed by atoms with Gasteiger partial charge in [0.1, 0.15) is 5.75 Å². The Morgan fingerprint density at radius 1 is 1.60 bits per heavy atom. The number of nitrogens with zero attached hydrogens (tertiary/aromatic N) is 2. The molecule has 1 saturated heterocycles. The van der Waals surface area contributed by atoms with E-state index in [1.807, 2.05) is 0 Å². The molecule has 0 aromatic carbocycles. The zero-order chi connectivity index (χ0) is 14.2. The molecule has 1 aliphatic heterocycles. The van der Waals surface area contributed by atoms with Gasteiger partial charge in [-0.15, -0.1) is 0 Å². The van der Waals surface area contributed by atoms with Crippen molar-refractivity contribution in [2.75, 3.05) is 33.3 Å². The van der Waals surface area contributed by atoms with Crippen LogP contribution in [-0.2, 0) is 4.79 Å². The Bertz CT molecular complexity index is 411. The van der Waals surface area contributed by atoms with Crippen molar-refractivity contribution in [2.45, 2.75) is 19.3 Å². The van der Waals surface area contributed by atoms with Gasteiger partial charge in [0.05, 0.1) is 6.20 Å². The molecule has 0 unspecified atom stereocenters. The summed E-state index contributed by atoms with van der Waals surface area (Å²) in [6.45, 7) is 3.12. The fraction of sp³-hybridized carbons (Fsp3) is 0.600. The first-order valence-electron chi connectivity index (χ1n) is 7.22. The molecule has 1 atom stereocenters. The topological polar surface area (TPSA) is 54.5 Å². The predicted octanol–water partition coefficient (Wildman–Crippen LogP) is 1.31. The summed E-state index contributed by atoms with van der Waals surface area (Å²) >= 11 is 0. The van der Waals surface area contributed by atoms with Crippen LogP contribution in [-0.4, -0.2) is 49.1 Å². The molecule has 1 aromatic rings. The van der Waals surface area contributed by atoms with Gasteiger partial charge in [0.25, 0.3) is 5.91 Å². The Labute approximate surface area is 120 Å². The summed E-state index contributed by atoms with van der Waals surface area (Å²) in [7, 11) is 2.16. The number of aromatic nitrogens is 1. The molecule has 110 valence electrons. The molecule has 20 heavy (non-hydrogen) atoms. The molecule has 1 aliphatic rings. The summed E-state index contributed by atoms with van der Waals surface area (Å²) in [5.74, 6) is 1.25. The molecular formula is C15H23N3O2. The monoisotopic (exact) mass is 277 g/mol. The van der Waals surface area contributed by atoms with Gasteiger partial charge in [-0.1, -0.05) is 0 Å². The Kier molecular flexibility index (Phi) is 5.80. The molecule has 1 aromatic heterocycles. The summed E-state index contributed by atoms with van der Waals surface area (Å²) in [5, 5.41) is 2.91. The van der Waals surface area contributed by atoms with Crippen LogP contribution in [0.15, 0.2) is 24.5 Å². The molecule has 1 N–H and O–H groups in total. The maximum Gasteiger partial charge on any atom is 0.257 e. The summed E-state index contributed by atoms with van der Waals surface area (Å²) in [5.41, 5.74) is 0. The zero-order valence-corrected chi connectivity index (χ0v) is 12.0. The lowest BCUT2D eigenvalue weighted by Gasteiger charge is -2.29. The van der Waals surface area contributed by atoms with Crippen molar-refractivity contribution in [1.29, 1.82) is 0 Å². The van der Waals surface area contributed by atoms with E-state index in [2.05, 4.69) is 22.2 Å². The lowest BCUT2D eigenvalue weighted by Crippen LogP contribution is -2.35. The van der Waals surface area contributed by atoms with Crippen molar-refractivity contribution in [3.8, 4) is 5.75 Å². The van der Waals surface area contributed by atoms with Crippen molar-refractivity contribution >= 4 is 5.91 Å². The van der Waals surface area contributed by atoms with Crippen LogP contribution in [0.2, 0.25) is 0 Å². The minimum Gasteiger partial charge on any atom is -0.482 e. The lowest BCUT2D eigenvalue weighted by molar-refractivity contribution is -0.123. The number of ether oxygens (including phenoxy) is 1. The standard InChI is InChI=1S/C15H23N3O2/c1-18-9-3-4-13(11-18)6-8-17-15(19)12-20-14-5-2-7-16-10-14/h2,5,7,10,13H,3-4,6,8-9,11-12H2,1H3,(H,17,19)/t13-/m0/s1. The molecule has 0 aliphatic carbocycles. The first-order chi connectivity index (χ1) is 9.74. The molecule has 0 radical (unpaired) electrons. The van der Waals surface area contributed by atoms with E-state index in [1.165, 1.54) is 19.4 Å². The van der Waals surface area contributed by atoms with Gasteiger partial charge in [-0.3, -0.25) is 9.78 Å². The Balaban J connectivity index is 1.58. The van der Waals surface area contributed by atoms with Crippen molar-refractivity contribution in [2.24, 2.45) is 5.92 Å². The van der Waals surface area contributed by atoms with E-state index >= 15 is 0 Å². The van der Waals surface area contributed by atoms with E-state index in [9.17, 15) is 4.79 Å². The average Bonchev–Trinajstić information content (AvgIpc) is 2.46. The van der Waals surface area contributed by atoms with Crippen molar-refractivity contribution in [3.63, 3.8) is 0 Å². The third-order valence-corrected chi connectivity index (χ3v) is 3.60. The van der Waals surface area contributed by atoms with Crippen LogP contribution in [0, 0.1) is 5.92 Å². The van der Waals surface area contributed by atoms with Crippen LogP contribution in [0.3, 0.4) is 0 Å². The summed E-state index contributed by atoms with van der Waals surface area (Å²) < 4.78 is 5.34. The molecule has 5 nitrogen and oxygen atoms in total. The van der Waals surface area contributed by atoms with Crippen LogP contribution in [0.5, 0.6) is 5.75 Å². The first kappa shape index (κ1) is 14.8. The van der Waals surface area contributed by atoms with Gasteiger partial charge in [-0.2, -0.15) is 0 Å². The molecular weight excluding hydrogens is 254 g/mol. The quantitative estimate of drug-likeness (QED) is 0.852. The smallest absolute Gasteiger partial charge is 0.257 e. The van der Waals surface area contributed by atoms with E-state index in [4.69, 9.17) is 4.74 Å². The number of carbonyl (C=O) groups is 1. The van der Waals surface area contributed by atoms with E-state index in [0.717, 1.165) is 19.5 Å². The molecule has 0 saturated carbocycles. The fourth-order valence-corrected chi connectivity index (χ4v) is 2.56. The fourth-order valence-electron chi connectivity index (χ4n) is 2.56. The maximum absolute atomic E-state index is 11.7. The van der Waals surface area contributed by atoms with E-state index in [-0.39, 0.29) is 12.5 Å². The van der Waals surface area contributed by atoms with Crippen LogP contribution in [0.1, 0.15) is 19.3 Å². The molecule has 2 heterocycles. The molecule has 2 rings (SSSR count). The van der Waals surface area contributed by atoms with Gasteiger partial charge in [0.2, 0.25) is 0 Å². The normalized spacial score (nSPS) is 19.6. The summed E-state index contributed by atoms with van der Waals surface area (Å²) in [6.07, 6.45) is 6.86. The number of amides is 1. The average molecular weight is 277 g/mol. The number of piperidine rings is 1. The van der Waals surface area contributed by atoms with Gasteiger partial charge in [-0.25, -0.2) is 0 Å². The number of pyridine rings is 1. The van der Waals surface area contributed by atoms with Crippen molar-refractivity contribution in [3.05, 3.63) is 24.5 Å².